The van der Waals surface area contributed by atoms with Crippen molar-refractivity contribution in [3.8, 4) is 11.1 Å². The second-order valence-electron chi connectivity index (χ2n) is 8.16. The first-order valence-electron chi connectivity index (χ1n) is 9.26. The first-order valence-corrected chi connectivity index (χ1v) is 9.26. The van der Waals surface area contributed by atoms with E-state index < -0.39 is 0 Å². The van der Waals surface area contributed by atoms with Gasteiger partial charge >= 0.3 is 0 Å². The minimum Gasteiger partial charge on any atom is -0.0629 e. The highest BCUT2D eigenvalue weighted by Gasteiger charge is 2.42. The molecule has 0 atom stereocenters. The van der Waals surface area contributed by atoms with Gasteiger partial charge in [0.15, 0.2) is 0 Å². The number of rotatable bonds is 2. The van der Waals surface area contributed by atoms with Crippen LogP contribution < -0.4 is 0 Å². The summed E-state index contributed by atoms with van der Waals surface area (Å²) in [5.41, 5.74) is 11.1. The van der Waals surface area contributed by atoms with Crippen LogP contribution in [0.3, 0.4) is 0 Å². The summed E-state index contributed by atoms with van der Waals surface area (Å²) in [6.45, 7) is 4.93. The maximum absolute atomic E-state index is 2.55. The quantitative estimate of drug-likeness (QED) is 0.583. The van der Waals surface area contributed by atoms with Crippen molar-refractivity contribution in [2.45, 2.75) is 45.4 Å². The van der Waals surface area contributed by atoms with Crippen LogP contribution in [0.25, 0.3) is 11.1 Å². The normalized spacial score (nSPS) is 19.3. The van der Waals surface area contributed by atoms with Gasteiger partial charge in [-0.1, -0.05) is 79.6 Å². The molecule has 0 aliphatic heterocycles. The van der Waals surface area contributed by atoms with Crippen molar-refractivity contribution in [1.82, 2.24) is 0 Å². The highest BCUT2D eigenvalue weighted by molar-refractivity contribution is 5.79. The van der Waals surface area contributed by atoms with Crippen LogP contribution in [0.15, 0.2) is 71.3 Å². The molecule has 0 saturated carbocycles. The molecule has 3 aliphatic carbocycles. The number of hydrogen-bond acceptors (Lipinski definition) is 0. The van der Waals surface area contributed by atoms with Gasteiger partial charge in [-0.15, -0.1) is 0 Å². The van der Waals surface area contributed by atoms with Crippen molar-refractivity contribution in [2.24, 2.45) is 5.41 Å². The third-order valence-corrected chi connectivity index (χ3v) is 6.51. The summed E-state index contributed by atoms with van der Waals surface area (Å²) >= 11 is 0. The van der Waals surface area contributed by atoms with E-state index >= 15 is 0 Å². The van der Waals surface area contributed by atoms with E-state index in [1.807, 2.05) is 0 Å². The largest absolute Gasteiger partial charge is 0.0629 e. The van der Waals surface area contributed by atoms with Crippen LogP contribution >= 0.6 is 0 Å². The Kier molecular flexibility index (Phi) is 2.95. The van der Waals surface area contributed by atoms with Gasteiger partial charge in [-0.2, -0.15) is 0 Å². The number of hydrogen-bond donors (Lipinski definition) is 0. The average Bonchev–Trinajstić information content (AvgIpc) is 3.26. The second kappa shape index (κ2) is 4.96. The fourth-order valence-electron chi connectivity index (χ4n) is 5.23. The molecule has 2 aromatic rings. The van der Waals surface area contributed by atoms with E-state index in [1.54, 1.807) is 16.7 Å². The highest BCUT2D eigenvalue weighted by atomic mass is 14.5. The molecule has 2 aromatic carbocycles. The van der Waals surface area contributed by atoms with Crippen LogP contribution in [0.2, 0.25) is 0 Å². The van der Waals surface area contributed by atoms with Crippen molar-refractivity contribution in [1.29, 1.82) is 0 Å². The van der Waals surface area contributed by atoms with Gasteiger partial charge in [0.05, 0.1) is 0 Å². The van der Waals surface area contributed by atoms with E-state index in [0.29, 0.717) is 5.92 Å². The predicted octanol–water partition coefficient (Wildman–Crippen LogP) is 6.64. The Morgan fingerprint density at radius 2 is 1.46 bits per heavy atom. The summed E-state index contributed by atoms with van der Waals surface area (Å²) in [6.07, 6.45) is 7.75. The Balaban J connectivity index is 1.64. The number of fused-ring (bicyclic) bond motifs is 3. The number of allylic oxidation sites excluding steroid dienone is 4. The Labute approximate surface area is 144 Å². The second-order valence-corrected chi connectivity index (χ2v) is 8.16. The van der Waals surface area contributed by atoms with E-state index in [0.717, 1.165) is 0 Å². The molecule has 0 nitrogen and oxygen atoms in total. The molecule has 3 aliphatic rings. The average molecular weight is 312 g/mol. The van der Waals surface area contributed by atoms with E-state index in [4.69, 9.17) is 0 Å². The minimum atomic E-state index is 0.160. The van der Waals surface area contributed by atoms with Crippen molar-refractivity contribution in [3.63, 3.8) is 0 Å². The van der Waals surface area contributed by atoms with E-state index in [-0.39, 0.29) is 5.41 Å². The summed E-state index contributed by atoms with van der Waals surface area (Å²) in [6, 6.07) is 18.0. The fourth-order valence-corrected chi connectivity index (χ4v) is 5.23. The fraction of sp³-hybridized carbons (Fsp3) is 0.333. The first-order chi connectivity index (χ1) is 11.7. The van der Waals surface area contributed by atoms with Crippen LogP contribution in [0.1, 0.15) is 56.6 Å². The molecular weight excluding hydrogens is 288 g/mol. The molecule has 0 fully saturated rings. The third-order valence-electron chi connectivity index (χ3n) is 6.51. The summed E-state index contributed by atoms with van der Waals surface area (Å²) in [4.78, 5) is 0. The zero-order valence-corrected chi connectivity index (χ0v) is 14.6. The van der Waals surface area contributed by atoms with Gasteiger partial charge in [0.2, 0.25) is 0 Å². The van der Waals surface area contributed by atoms with Crippen LogP contribution in [0.4, 0.5) is 0 Å². The van der Waals surface area contributed by atoms with Crippen LogP contribution in [0.5, 0.6) is 0 Å². The SMILES string of the molecule is CC(C)(C1=CC2=C(CCC2)C1)C1c2ccccc2-c2ccccc21. The van der Waals surface area contributed by atoms with Crippen molar-refractivity contribution in [3.05, 3.63) is 82.5 Å². The van der Waals surface area contributed by atoms with E-state index in [2.05, 4.69) is 68.5 Å². The monoisotopic (exact) mass is 312 g/mol. The van der Waals surface area contributed by atoms with E-state index in [1.165, 1.54) is 47.9 Å². The Bertz CT molecular complexity index is 846. The van der Waals surface area contributed by atoms with Gasteiger partial charge in [0.1, 0.15) is 0 Å². The molecule has 0 radical (unpaired) electrons. The summed E-state index contributed by atoms with van der Waals surface area (Å²) in [5.74, 6) is 0.469. The smallest absolute Gasteiger partial charge is 0.0190 e. The summed E-state index contributed by atoms with van der Waals surface area (Å²) in [5, 5.41) is 0. The minimum absolute atomic E-state index is 0.160. The lowest BCUT2D eigenvalue weighted by molar-refractivity contribution is 0.386. The molecule has 120 valence electrons. The molecule has 0 amide bonds. The number of benzene rings is 2. The van der Waals surface area contributed by atoms with Gasteiger partial charge in [-0.3, -0.25) is 0 Å². The predicted molar refractivity (Wildman–Crippen MR) is 101 cm³/mol. The molecule has 0 unspecified atom stereocenters. The molecular formula is C24H24. The van der Waals surface area contributed by atoms with Gasteiger partial charge in [0.25, 0.3) is 0 Å². The van der Waals surface area contributed by atoms with Crippen molar-refractivity contribution >= 4 is 0 Å². The molecule has 0 aromatic heterocycles. The standard InChI is InChI=1S/C24H24/c1-24(2,18-14-16-8-7-9-17(16)15-18)23-21-12-5-3-10-19(21)20-11-4-6-13-22(20)23/h3-6,10-14,23H,7-9,15H2,1-2H3. The lowest BCUT2D eigenvalue weighted by Gasteiger charge is -2.35. The van der Waals surface area contributed by atoms with Crippen molar-refractivity contribution < 1.29 is 0 Å². The molecule has 0 heteroatoms. The Morgan fingerprint density at radius 1 is 0.833 bits per heavy atom. The zero-order chi connectivity index (χ0) is 16.3. The van der Waals surface area contributed by atoms with Gasteiger partial charge in [-0.25, -0.2) is 0 Å². The van der Waals surface area contributed by atoms with Gasteiger partial charge < -0.3 is 0 Å². The Morgan fingerprint density at radius 3 is 2.08 bits per heavy atom. The molecule has 5 rings (SSSR count). The van der Waals surface area contributed by atoms with Gasteiger partial charge in [0, 0.05) is 5.92 Å². The topological polar surface area (TPSA) is 0 Å². The summed E-state index contributed by atoms with van der Waals surface area (Å²) < 4.78 is 0. The van der Waals surface area contributed by atoms with Crippen LogP contribution in [-0.4, -0.2) is 0 Å². The maximum Gasteiger partial charge on any atom is 0.0190 e. The highest BCUT2D eigenvalue weighted by Crippen LogP contribution is 2.57. The zero-order valence-electron chi connectivity index (χ0n) is 14.6. The molecule has 0 bridgehead atoms. The van der Waals surface area contributed by atoms with E-state index in [9.17, 15) is 0 Å². The molecule has 24 heavy (non-hydrogen) atoms. The molecule has 0 N–H and O–H groups in total. The molecule has 0 saturated heterocycles. The lowest BCUT2D eigenvalue weighted by atomic mass is 9.68. The Hall–Kier alpha value is -2.08. The van der Waals surface area contributed by atoms with Crippen LogP contribution in [0, 0.1) is 5.41 Å². The van der Waals surface area contributed by atoms with Gasteiger partial charge in [-0.05, 0) is 58.9 Å². The summed E-state index contributed by atoms with van der Waals surface area (Å²) in [7, 11) is 0. The molecule has 0 heterocycles. The van der Waals surface area contributed by atoms with Crippen LogP contribution in [-0.2, 0) is 0 Å². The maximum atomic E-state index is 2.55. The first kappa shape index (κ1) is 14.3. The van der Waals surface area contributed by atoms with Crippen molar-refractivity contribution in [2.75, 3.05) is 0 Å². The lowest BCUT2D eigenvalue weighted by Crippen LogP contribution is -2.24. The third kappa shape index (κ3) is 1.86. The molecule has 0 spiro atoms.